The molecule has 4 nitrogen and oxygen atoms in total. The molecular formula is C17H30N4. The molecule has 0 amide bonds. The zero-order valence-electron chi connectivity index (χ0n) is 13.8. The van der Waals surface area contributed by atoms with Crippen LogP contribution in [0.1, 0.15) is 58.6 Å². The smallest absolute Gasteiger partial charge is 0.151 e. The summed E-state index contributed by atoms with van der Waals surface area (Å²) in [6, 6.07) is 4.93. The van der Waals surface area contributed by atoms with Crippen molar-refractivity contribution in [2.75, 3.05) is 18.0 Å². The second kappa shape index (κ2) is 8.32. The molecule has 0 unspecified atom stereocenters. The zero-order valence-corrected chi connectivity index (χ0v) is 13.8. The molecule has 4 heteroatoms. The Morgan fingerprint density at radius 2 is 2.00 bits per heavy atom. The number of rotatable bonds is 8. The average Bonchev–Trinajstić information content (AvgIpc) is 3.00. The van der Waals surface area contributed by atoms with Crippen molar-refractivity contribution in [2.24, 2.45) is 5.92 Å². The fraction of sp³-hybridized carbons (Fsp3) is 0.765. The highest BCUT2D eigenvalue weighted by atomic mass is 15.3. The molecule has 118 valence electrons. The van der Waals surface area contributed by atoms with Crippen molar-refractivity contribution < 1.29 is 0 Å². The van der Waals surface area contributed by atoms with Gasteiger partial charge in [-0.05, 0) is 43.9 Å². The number of nitrogens with zero attached hydrogens (tertiary/aromatic N) is 3. The number of hydrogen-bond donors (Lipinski definition) is 1. The lowest BCUT2D eigenvalue weighted by Crippen LogP contribution is -2.35. The zero-order chi connectivity index (χ0) is 15.1. The minimum Gasteiger partial charge on any atom is -0.352 e. The highest BCUT2D eigenvalue weighted by molar-refractivity contribution is 5.39. The van der Waals surface area contributed by atoms with Gasteiger partial charge >= 0.3 is 0 Å². The van der Waals surface area contributed by atoms with E-state index >= 15 is 0 Å². The molecule has 1 fully saturated rings. The van der Waals surface area contributed by atoms with Crippen LogP contribution in [0.25, 0.3) is 0 Å². The van der Waals surface area contributed by atoms with Crippen molar-refractivity contribution in [2.45, 2.75) is 65.5 Å². The summed E-state index contributed by atoms with van der Waals surface area (Å²) in [5.41, 5.74) is 1.02. The van der Waals surface area contributed by atoms with Crippen LogP contribution in [0.3, 0.4) is 0 Å². The van der Waals surface area contributed by atoms with Gasteiger partial charge in [-0.1, -0.05) is 33.6 Å². The van der Waals surface area contributed by atoms with E-state index in [1.807, 2.05) is 0 Å². The fourth-order valence-electron chi connectivity index (χ4n) is 2.95. The molecule has 1 aromatic rings. The minimum absolute atomic E-state index is 0.665. The van der Waals surface area contributed by atoms with Crippen molar-refractivity contribution >= 4 is 5.82 Å². The van der Waals surface area contributed by atoms with E-state index in [2.05, 4.69) is 53.3 Å². The van der Waals surface area contributed by atoms with Gasteiger partial charge in [-0.3, -0.25) is 0 Å². The number of aromatic nitrogens is 2. The predicted molar refractivity (Wildman–Crippen MR) is 88.5 cm³/mol. The monoisotopic (exact) mass is 290 g/mol. The van der Waals surface area contributed by atoms with Crippen LogP contribution in [-0.2, 0) is 6.54 Å². The standard InChI is InChI=1S/C17H30N4/c1-4-18-13-15-9-10-17(20-19-15)21(12-11-14(2)3)16-7-5-6-8-16/h9-10,14,16,18H,4-8,11-13H2,1-3H3. The highest BCUT2D eigenvalue weighted by Gasteiger charge is 2.23. The Kier molecular flexibility index (Phi) is 6.43. The van der Waals surface area contributed by atoms with Crippen molar-refractivity contribution in [3.8, 4) is 0 Å². The first kappa shape index (κ1) is 16.2. The van der Waals surface area contributed by atoms with Crippen LogP contribution in [-0.4, -0.2) is 29.3 Å². The summed E-state index contributed by atoms with van der Waals surface area (Å²) < 4.78 is 0. The number of hydrogen-bond acceptors (Lipinski definition) is 4. The van der Waals surface area contributed by atoms with Gasteiger partial charge in [-0.15, -0.1) is 5.10 Å². The first-order valence-electron chi connectivity index (χ1n) is 8.50. The van der Waals surface area contributed by atoms with Gasteiger partial charge in [0.1, 0.15) is 0 Å². The molecule has 0 bridgehead atoms. The molecule has 1 aliphatic rings. The van der Waals surface area contributed by atoms with Gasteiger partial charge in [0.05, 0.1) is 5.69 Å². The van der Waals surface area contributed by atoms with E-state index in [9.17, 15) is 0 Å². The second-order valence-electron chi connectivity index (χ2n) is 6.48. The molecule has 1 N–H and O–H groups in total. The molecule has 2 rings (SSSR count). The van der Waals surface area contributed by atoms with Gasteiger partial charge in [0.25, 0.3) is 0 Å². The topological polar surface area (TPSA) is 41.0 Å². The molecule has 0 saturated heterocycles. The van der Waals surface area contributed by atoms with Crippen LogP contribution < -0.4 is 10.2 Å². The van der Waals surface area contributed by atoms with Crippen molar-refractivity contribution in [1.82, 2.24) is 15.5 Å². The van der Waals surface area contributed by atoms with Gasteiger partial charge in [0.2, 0.25) is 0 Å². The quantitative estimate of drug-likeness (QED) is 0.797. The SMILES string of the molecule is CCNCc1ccc(N(CCC(C)C)C2CCCC2)nn1. The molecule has 0 atom stereocenters. The maximum absolute atomic E-state index is 4.49. The maximum atomic E-state index is 4.49. The molecule has 0 aliphatic heterocycles. The van der Waals surface area contributed by atoms with Crippen molar-refractivity contribution in [1.29, 1.82) is 0 Å². The molecule has 1 aromatic heterocycles. The Morgan fingerprint density at radius 3 is 2.57 bits per heavy atom. The number of anilines is 1. The summed E-state index contributed by atoms with van der Waals surface area (Å²) in [5, 5.41) is 12.2. The Balaban J connectivity index is 2.04. The van der Waals surface area contributed by atoms with Crippen LogP contribution in [0.5, 0.6) is 0 Å². The van der Waals surface area contributed by atoms with Crippen LogP contribution in [0.4, 0.5) is 5.82 Å². The summed E-state index contributed by atoms with van der Waals surface area (Å²) in [6.45, 7) is 9.56. The van der Waals surface area contributed by atoms with E-state index in [0.29, 0.717) is 6.04 Å². The van der Waals surface area contributed by atoms with Crippen molar-refractivity contribution in [3.63, 3.8) is 0 Å². The summed E-state index contributed by atoms with van der Waals surface area (Å²) in [6.07, 6.45) is 6.54. The largest absolute Gasteiger partial charge is 0.352 e. The predicted octanol–water partition coefficient (Wildman–Crippen LogP) is 3.38. The Morgan fingerprint density at radius 1 is 1.24 bits per heavy atom. The average molecular weight is 290 g/mol. The lowest BCUT2D eigenvalue weighted by Gasteiger charge is -2.30. The summed E-state index contributed by atoms with van der Waals surface area (Å²) in [7, 11) is 0. The third-order valence-corrected chi connectivity index (χ3v) is 4.27. The first-order valence-corrected chi connectivity index (χ1v) is 8.50. The fourth-order valence-corrected chi connectivity index (χ4v) is 2.95. The molecule has 0 spiro atoms. The third-order valence-electron chi connectivity index (χ3n) is 4.27. The van der Waals surface area contributed by atoms with Crippen LogP contribution in [0, 0.1) is 5.92 Å². The van der Waals surface area contributed by atoms with E-state index in [0.717, 1.165) is 37.1 Å². The molecular weight excluding hydrogens is 260 g/mol. The van der Waals surface area contributed by atoms with Crippen LogP contribution in [0.2, 0.25) is 0 Å². The summed E-state index contributed by atoms with van der Waals surface area (Å²) in [5.74, 6) is 1.79. The number of nitrogens with one attached hydrogen (secondary N) is 1. The van der Waals surface area contributed by atoms with Gasteiger partial charge in [-0.2, -0.15) is 5.10 Å². The Hall–Kier alpha value is -1.16. The maximum Gasteiger partial charge on any atom is 0.151 e. The molecule has 1 saturated carbocycles. The van der Waals surface area contributed by atoms with E-state index in [4.69, 9.17) is 0 Å². The van der Waals surface area contributed by atoms with Crippen LogP contribution >= 0.6 is 0 Å². The molecule has 21 heavy (non-hydrogen) atoms. The summed E-state index contributed by atoms with van der Waals surface area (Å²) >= 11 is 0. The lowest BCUT2D eigenvalue weighted by atomic mass is 10.1. The molecule has 1 aliphatic carbocycles. The normalized spacial score (nSPS) is 15.8. The first-order chi connectivity index (χ1) is 10.2. The van der Waals surface area contributed by atoms with Gasteiger partial charge in [0, 0.05) is 19.1 Å². The van der Waals surface area contributed by atoms with Gasteiger partial charge in [0.15, 0.2) is 5.82 Å². The Labute approximate surface area is 129 Å². The second-order valence-corrected chi connectivity index (χ2v) is 6.48. The highest BCUT2D eigenvalue weighted by Crippen LogP contribution is 2.27. The van der Waals surface area contributed by atoms with Gasteiger partial charge < -0.3 is 10.2 Å². The molecule has 1 heterocycles. The van der Waals surface area contributed by atoms with E-state index in [-0.39, 0.29) is 0 Å². The summed E-state index contributed by atoms with van der Waals surface area (Å²) in [4.78, 5) is 2.50. The van der Waals surface area contributed by atoms with E-state index < -0.39 is 0 Å². The Bertz CT molecular complexity index is 396. The van der Waals surface area contributed by atoms with Crippen molar-refractivity contribution in [3.05, 3.63) is 17.8 Å². The van der Waals surface area contributed by atoms with Gasteiger partial charge in [-0.25, -0.2) is 0 Å². The third kappa shape index (κ3) is 4.95. The molecule has 0 radical (unpaired) electrons. The van der Waals surface area contributed by atoms with E-state index in [1.54, 1.807) is 0 Å². The van der Waals surface area contributed by atoms with Crippen LogP contribution in [0.15, 0.2) is 12.1 Å². The van der Waals surface area contributed by atoms with E-state index in [1.165, 1.54) is 32.1 Å². The molecule has 0 aromatic carbocycles. The lowest BCUT2D eigenvalue weighted by molar-refractivity contribution is 0.523. The minimum atomic E-state index is 0.665.